The van der Waals surface area contributed by atoms with Crippen molar-refractivity contribution in [2.75, 3.05) is 0 Å². The number of amides is 1. The van der Waals surface area contributed by atoms with Crippen LogP contribution in [0.4, 0.5) is 0 Å². The maximum absolute atomic E-state index is 12.8. The van der Waals surface area contributed by atoms with Gasteiger partial charge in [-0.25, -0.2) is 4.98 Å². The predicted molar refractivity (Wildman–Crippen MR) is 96.5 cm³/mol. The van der Waals surface area contributed by atoms with Gasteiger partial charge in [0.1, 0.15) is 0 Å². The van der Waals surface area contributed by atoms with Gasteiger partial charge in [-0.15, -0.1) is 11.3 Å². The molecule has 0 fully saturated rings. The van der Waals surface area contributed by atoms with Gasteiger partial charge in [0.2, 0.25) is 0 Å². The van der Waals surface area contributed by atoms with Crippen LogP contribution in [-0.2, 0) is 0 Å². The Balaban J connectivity index is 2.26. The minimum atomic E-state index is -0.251. The lowest BCUT2D eigenvalue weighted by Crippen LogP contribution is -2.45. The normalized spacial score (nSPS) is 12.5. The molecule has 0 spiro atoms. The van der Waals surface area contributed by atoms with E-state index in [1.165, 1.54) is 0 Å². The molecule has 23 heavy (non-hydrogen) atoms. The molecule has 1 N–H and O–H groups in total. The van der Waals surface area contributed by atoms with Crippen molar-refractivity contribution in [1.82, 2.24) is 14.9 Å². The first-order chi connectivity index (χ1) is 10.5. The first-order valence-electron chi connectivity index (χ1n) is 7.91. The molecule has 0 unspecified atom stereocenters. The van der Waals surface area contributed by atoms with Crippen LogP contribution in [-0.4, -0.2) is 21.0 Å². The number of thiazole rings is 1. The zero-order valence-electron chi connectivity index (χ0n) is 15.2. The third kappa shape index (κ3) is 4.22. The Hall–Kier alpha value is -1.62. The average Bonchev–Trinajstić information content (AvgIpc) is 2.93. The topological polar surface area (TPSA) is 46.9 Å². The summed E-state index contributed by atoms with van der Waals surface area (Å²) in [6.45, 7) is 14.7. The Morgan fingerprint density at radius 2 is 1.91 bits per heavy atom. The van der Waals surface area contributed by atoms with Crippen LogP contribution in [0.5, 0.6) is 0 Å². The van der Waals surface area contributed by atoms with Crippen LogP contribution in [0.15, 0.2) is 17.6 Å². The molecule has 1 amide bonds. The van der Waals surface area contributed by atoms with E-state index in [9.17, 15) is 4.79 Å². The van der Waals surface area contributed by atoms with Gasteiger partial charge in [-0.3, -0.25) is 9.36 Å². The molecule has 0 atom stereocenters. The van der Waals surface area contributed by atoms with E-state index in [0.29, 0.717) is 0 Å². The molecular weight excluding hydrogens is 306 g/mol. The number of hydrogen-bond donors (Lipinski definition) is 1. The monoisotopic (exact) mass is 333 g/mol. The number of carbonyl (C=O) groups is 1. The molecule has 0 saturated heterocycles. The predicted octanol–water partition coefficient (Wildman–Crippen LogP) is 4.50. The molecule has 2 aromatic rings. The van der Waals surface area contributed by atoms with Crippen molar-refractivity contribution >= 4 is 17.2 Å². The van der Waals surface area contributed by atoms with Gasteiger partial charge in [0.25, 0.3) is 5.91 Å². The summed E-state index contributed by atoms with van der Waals surface area (Å²) in [5, 5.41) is 6.03. The molecule has 126 valence electrons. The summed E-state index contributed by atoms with van der Waals surface area (Å²) in [6.07, 6.45) is 2.70. The van der Waals surface area contributed by atoms with Crippen molar-refractivity contribution in [2.24, 2.45) is 5.41 Å². The van der Waals surface area contributed by atoms with Gasteiger partial charge in [-0.1, -0.05) is 20.8 Å². The van der Waals surface area contributed by atoms with Crippen molar-refractivity contribution in [1.29, 1.82) is 0 Å². The highest BCUT2D eigenvalue weighted by atomic mass is 32.1. The van der Waals surface area contributed by atoms with Crippen LogP contribution in [0.25, 0.3) is 5.13 Å². The fourth-order valence-electron chi connectivity index (χ4n) is 3.36. The molecule has 0 aliphatic heterocycles. The van der Waals surface area contributed by atoms with E-state index in [0.717, 1.165) is 28.5 Å². The van der Waals surface area contributed by atoms with E-state index in [1.807, 2.05) is 29.9 Å². The Kier molecular flexibility index (Phi) is 4.71. The lowest BCUT2D eigenvalue weighted by molar-refractivity contribution is 0.0891. The molecule has 4 nitrogen and oxygen atoms in total. The summed E-state index contributed by atoms with van der Waals surface area (Å²) >= 11 is 1.57. The fraction of sp³-hybridized carbons (Fsp3) is 0.556. The number of nitrogens with zero attached hydrogens (tertiary/aromatic N) is 2. The maximum atomic E-state index is 12.8. The molecule has 0 radical (unpaired) electrons. The van der Waals surface area contributed by atoms with Gasteiger partial charge in [0.05, 0.1) is 5.56 Å². The molecule has 2 aromatic heterocycles. The van der Waals surface area contributed by atoms with Crippen molar-refractivity contribution < 1.29 is 4.79 Å². The molecule has 0 aliphatic rings. The lowest BCUT2D eigenvalue weighted by Gasteiger charge is -2.33. The number of nitrogens with one attached hydrogen (secondary N) is 1. The number of aryl methyl sites for hydroxylation is 1. The van der Waals surface area contributed by atoms with Gasteiger partial charge >= 0.3 is 0 Å². The quantitative estimate of drug-likeness (QED) is 0.896. The zero-order chi connectivity index (χ0) is 17.4. The van der Waals surface area contributed by atoms with Crippen LogP contribution in [0, 0.1) is 19.3 Å². The third-order valence-electron chi connectivity index (χ3n) is 3.71. The molecule has 0 aromatic carbocycles. The van der Waals surface area contributed by atoms with Crippen LogP contribution >= 0.6 is 11.3 Å². The largest absolute Gasteiger partial charge is 0.347 e. The second-order valence-electron chi connectivity index (χ2n) is 8.01. The number of aromatic nitrogens is 2. The highest BCUT2D eigenvalue weighted by Crippen LogP contribution is 2.28. The van der Waals surface area contributed by atoms with Crippen LogP contribution in [0.1, 0.15) is 62.8 Å². The van der Waals surface area contributed by atoms with Crippen molar-refractivity contribution in [3.63, 3.8) is 0 Å². The summed E-state index contributed by atoms with van der Waals surface area (Å²) in [4.78, 5) is 17.1. The highest BCUT2D eigenvalue weighted by Gasteiger charge is 2.28. The van der Waals surface area contributed by atoms with E-state index in [4.69, 9.17) is 0 Å². The molecule has 2 heterocycles. The van der Waals surface area contributed by atoms with Gasteiger partial charge in [-0.05, 0) is 45.6 Å². The molecular formula is C18H27N3OS. The van der Waals surface area contributed by atoms with Crippen LogP contribution < -0.4 is 5.32 Å². The van der Waals surface area contributed by atoms with E-state index >= 15 is 0 Å². The average molecular weight is 334 g/mol. The second kappa shape index (κ2) is 6.11. The SMILES string of the molecule is Cc1cc(C(=O)NC(C)(C)CC(C)(C)C)c(C)n1-c1nccs1. The second-order valence-corrected chi connectivity index (χ2v) is 8.88. The molecule has 2 rings (SSSR count). The maximum Gasteiger partial charge on any atom is 0.253 e. The Morgan fingerprint density at radius 1 is 1.26 bits per heavy atom. The third-order valence-corrected chi connectivity index (χ3v) is 4.47. The summed E-state index contributed by atoms with van der Waals surface area (Å²) in [5.41, 5.74) is 2.59. The van der Waals surface area contributed by atoms with Crippen LogP contribution in [0.2, 0.25) is 0 Å². The zero-order valence-corrected chi connectivity index (χ0v) is 16.0. The lowest BCUT2D eigenvalue weighted by atomic mass is 9.81. The smallest absolute Gasteiger partial charge is 0.253 e. The summed E-state index contributed by atoms with van der Waals surface area (Å²) in [5.74, 6) is -0.0184. The molecule has 0 bridgehead atoms. The minimum absolute atomic E-state index is 0.0184. The summed E-state index contributed by atoms with van der Waals surface area (Å²) in [7, 11) is 0. The van der Waals surface area contributed by atoms with E-state index in [1.54, 1.807) is 17.5 Å². The van der Waals surface area contributed by atoms with Crippen molar-refractivity contribution in [3.05, 3.63) is 34.6 Å². The molecule has 0 saturated carbocycles. The first-order valence-corrected chi connectivity index (χ1v) is 8.79. The number of hydrogen-bond acceptors (Lipinski definition) is 3. The summed E-state index contributed by atoms with van der Waals surface area (Å²) in [6, 6.07) is 1.94. The minimum Gasteiger partial charge on any atom is -0.347 e. The van der Waals surface area contributed by atoms with Crippen LogP contribution in [0.3, 0.4) is 0 Å². The number of carbonyl (C=O) groups excluding carboxylic acids is 1. The standard InChI is InChI=1S/C18H27N3OS/c1-12-10-14(13(2)21(12)16-19-8-9-23-16)15(22)20-18(6,7)11-17(3,4)5/h8-10H,11H2,1-7H3,(H,20,22). The van der Waals surface area contributed by atoms with E-state index in [-0.39, 0.29) is 16.9 Å². The fourth-order valence-corrected chi connectivity index (χ4v) is 4.11. The molecule has 5 heteroatoms. The Bertz CT molecular complexity index is 691. The molecule has 0 aliphatic carbocycles. The van der Waals surface area contributed by atoms with Gasteiger partial charge < -0.3 is 5.32 Å². The van der Waals surface area contributed by atoms with E-state index in [2.05, 4.69) is 44.9 Å². The Morgan fingerprint density at radius 3 is 2.43 bits per heavy atom. The first kappa shape index (κ1) is 17.7. The number of rotatable bonds is 4. The van der Waals surface area contributed by atoms with Gasteiger partial charge in [0, 0.05) is 28.5 Å². The summed E-state index contributed by atoms with van der Waals surface area (Å²) < 4.78 is 2.04. The Labute approximate surface area is 142 Å². The van der Waals surface area contributed by atoms with Gasteiger partial charge in [-0.2, -0.15) is 0 Å². The highest BCUT2D eigenvalue weighted by molar-refractivity contribution is 7.12. The van der Waals surface area contributed by atoms with E-state index < -0.39 is 0 Å². The van der Waals surface area contributed by atoms with Crippen molar-refractivity contribution in [3.8, 4) is 5.13 Å². The van der Waals surface area contributed by atoms with Gasteiger partial charge in [0.15, 0.2) is 5.13 Å². The van der Waals surface area contributed by atoms with Crippen molar-refractivity contribution in [2.45, 2.75) is 60.4 Å².